The number of carbonyl (C=O) groups is 1. The molecule has 1 N–H and O–H groups in total. The summed E-state index contributed by atoms with van der Waals surface area (Å²) >= 11 is 0. The number of anilines is 1. The standard InChI is InChI=1S/C15H17N3O3S/c1-3-22(20,21)11-9-15(19)17-14-8-10-16-18(14)13-7-5-4-6-12(13)2/h3-8,10H,1,9,11H2,2H3,(H,17,19). The maximum atomic E-state index is 11.9. The Bertz CT molecular complexity index is 794. The number of aryl methyl sites for hydroxylation is 1. The molecule has 0 unspecified atom stereocenters. The van der Waals surface area contributed by atoms with Crippen LogP contribution in [0.4, 0.5) is 5.82 Å². The second-order valence-corrected chi connectivity index (χ2v) is 6.81. The second-order valence-electron chi connectivity index (χ2n) is 4.75. The molecule has 0 aliphatic carbocycles. The molecule has 0 bridgehead atoms. The Kier molecular flexibility index (Phi) is 4.77. The highest BCUT2D eigenvalue weighted by molar-refractivity contribution is 7.94. The monoisotopic (exact) mass is 319 g/mol. The largest absolute Gasteiger partial charge is 0.311 e. The van der Waals surface area contributed by atoms with Gasteiger partial charge in [0.15, 0.2) is 9.84 Å². The summed E-state index contributed by atoms with van der Waals surface area (Å²) in [5, 5.41) is 7.73. The molecule has 1 amide bonds. The highest BCUT2D eigenvalue weighted by Crippen LogP contribution is 2.18. The van der Waals surface area contributed by atoms with E-state index in [1.54, 1.807) is 16.9 Å². The molecule has 116 valence electrons. The lowest BCUT2D eigenvalue weighted by Crippen LogP contribution is -2.18. The average molecular weight is 319 g/mol. The molecule has 7 heteroatoms. The smallest absolute Gasteiger partial charge is 0.226 e. The van der Waals surface area contributed by atoms with Gasteiger partial charge in [-0.2, -0.15) is 5.10 Å². The van der Waals surface area contributed by atoms with Crippen molar-refractivity contribution in [3.05, 3.63) is 54.1 Å². The number of nitrogens with zero attached hydrogens (tertiary/aromatic N) is 2. The van der Waals surface area contributed by atoms with Crippen LogP contribution >= 0.6 is 0 Å². The highest BCUT2D eigenvalue weighted by Gasteiger charge is 2.13. The van der Waals surface area contributed by atoms with Crippen molar-refractivity contribution < 1.29 is 13.2 Å². The van der Waals surface area contributed by atoms with Crippen LogP contribution in [-0.4, -0.2) is 29.9 Å². The number of rotatable bonds is 6. The number of sulfone groups is 1. The van der Waals surface area contributed by atoms with E-state index in [0.29, 0.717) is 5.82 Å². The zero-order chi connectivity index (χ0) is 16.2. The zero-order valence-electron chi connectivity index (χ0n) is 12.2. The third-order valence-electron chi connectivity index (χ3n) is 3.12. The van der Waals surface area contributed by atoms with E-state index < -0.39 is 9.84 Å². The molecule has 0 saturated carbocycles. The number of aromatic nitrogens is 2. The lowest BCUT2D eigenvalue weighted by molar-refractivity contribution is -0.115. The van der Waals surface area contributed by atoms with Crippen LogP contribution in [0.2, 0.25) is 0 Å². The van der Waals surface area contributed by atoms with Crippen LogP contribution < -0.4 is 5.32 Å². The van der Waals surface area contributed by atoms with E-state index in [1.807, 2.05) is 31.2 Å². The van der Waals surface area contributed by atoms with Crippen molar-refractivity contribution in [1.29, 1.82) is 0 Å². The van der Waals surface area contributed by atoms with Crippen LogP contribution in [-0.2, 0) is 14.6 Å². The number of amides is 1. The predicted molar refractivity (Wildman–Crippen MR) is 85.5 cm³/mol. The van der Waals surface area contributed by atoms with Crippen molar-refractivity contribution in [1.82, 2.24) is 9.78 Å². The average Bonchev–Trinajstić information content (AvgIpc) is 2.94. The first-order chi connectivity index (χ1) is 10.4. The summed E-state index contributed by atoms with van der Waals surface area (Å²) in [6.45, 7) is 5.16. The number of para-hydroxylation sites is 1. The topological polar surface area (TPSA) is 81.1 Å². The van der Waals surface area contributed by atoms with Crippen LogP contribution in [0.15, 0.2) is 48.5 Å². The zero-order valence-corrected chi connectivity index (χ0v) is 13.0. The maximum Gasteiger partial charge on any atom is 0.226 e. The molecule has 2 aromatic rings. The van der Waals surface area contributed by atoms with Gasteiger partial charge in [0.1, 0.15) is 5.82 Å². The molecule has 1 aromatic carbocycles. The molecule has 2 rings (SSSR count). The predicted octanol–water partition coefficient (Wildman–Crippen LogP) is 2.07. The van der Waals surface area contributed by atoms with Gasteiger partial charge in [-0.05, 0) is 18.6 Å². The van der Waals surface area contributed by atoms with Gasteiger partial charge in [0, 0.05) is 17.9 Å². The van der Waals surface area contributed by atoms with Crippen LogP contribution in [0, 0.1) is 6.92 Å². The summed E-state index contributed by atoms with van der Waals surface area (Å²) < 4.78 is 24.3. The van der Waals surface area contributed by atoms with E-state index in [-0.39, 0.29) is 18.1 Å². The molecule has 0 aliphatic heterocycles. The molecule has 22 heavy (non-hydrogen) atoms. The minimum atomic E-state index is -3.38. The van der Waals surface area contributed by atoms with Crippen molar-refractivity contribution in [2.45, 2.75) is 13.3 Å². The lowest BCUT2D eigenvalue weighted by Gasteiger charge is -2.11. The molecule has 1 heterocycles. The van der Waals surface area contributed by atoms with Crippen molar-refractivity contribution in [3.8, 4) is 5.69 Å². The fraction of sp³-hybridized carbons (Fsp3) is 0.200. The number of benzene rings is 1. The van der Waals surface area contributed by atoms with Gasteiger partial charge in [-0.3, -0.25) is 4.79 Å². The van der Waals surface area contributed by atoms with E-state index in [0.717, 1.165) is 16.7 Å². The van der Waals surface area contributed by atoms with Gasteiger partial charge in [0.25, 0.3) is 0 Å². The first-order valence-electron chi connectivity index (χ1n) is 6.68. The van der Waals surface area contributed by atoms with Crippen LogP contribution in [0.25, 0.3) is 5.69 Å². The van der Waals surface area contributed by atoms with Crippen molar-refractivity contribution in [2.24, 2.45) is 0 Å². The second kappa shape index (κ2) is 6.57. The molecular weight excluding hydrogens is 302 g/mol. The normalized spacial score (nSPS) is 11.1. The molecule has 6 nitrogen and oxygen atoms in total. The Hall–Kier alpha value is -2.41. The molecule has 0 atom stereocenters. The minimum Gasteiger partial charge on any atom is -0.311 e. The maximum absolute atomic E-state index is 11.9. The number of hydrogen-bond acceptors (Lipinski definition) is 4. The van der Waals surface area contributed by atoms with E-state index in [1.165, 1.54) is 0 Å². The van der Waals surface area contributed by atoms with E-state index >= 15 is 0 Å². The van der Waals surface area contributed by atoms with Gasteiger partial charge in [-0.25, -0.2) is 13.1 Å². The first-order valence-corrected chi connectivity index (χ1v) is 8.39. The van der Waals surface area contributed by atoms with E-state index in [4.69, 9.17) is 0 Å². The van der Waals surface area contributed by atoms with Gasteiger partial charge >= 0.3 is 0 Å². The Balaban J connectivity index is 2.12. The highest BCUT2D eigenvalue weighted by atomic mass is 32.2. The van der Waals surface area contributed by atoms with Gasteiger partial charge in [-0.1, -0.05) is 24.8 Å². The van der Waals surface area contributed by atoms with Gasteiger partial charge in [-0.15, -0.1) is 0 Å². The number of hydrogen-bond donors (Lipinski definition) is 1. The van der Waals surface area contributed by atoms with Crippen molar-refractivity contribution in [3.63, 3.8) is 0 Å². The van der Waals surface area contributed by atoms with Gasteiger partial charge in [0.05, 0.1) is 17.6 Å². The summed E-state index contributed by atoms with van der Waals surface area (Å²) in [7, 11) is -3.38. The van der Waals surface area contributed by atoms with Crippen molar-refractivity contribution in [2.75, 3.05) is 11.1 Å². The Morgan fingerprint density at radius 1 is 1.36 bits per heavy atom. The summed E-state index contributed by atoms with van der Waals surface area (Å²) in [5.74, 6) is -0.156. The number of nitrogens with one attached hydrogen (secondary N) is 1. The Morgan fingerprint density at radius 3 is 2.77 bits per heavy atom. The SMILES string of the molecule is C=CS(=O)(=O)CCC(=O)Nc1ccnn1-c1ccccc1C. The number of carbonyl (C=O) groups excluding carboxylic acids is 1. The lowest BCUT2D eigenvalue weighted by atomic mass is 10.2. The fourth-order valence-corrected chi connectivity index (χ4v) is 2.55. The van der Waals surface area contributed by atoms with Crippen LogP contribution in [0.3, 0.4) is 0 Å². The third kappa shape index (κ3) is 3.82. The summed E-state index contributed by atoms with van der Waals surface area (Å²) in [4.78, 5) is 11.9. The van der Waals surface area contributed by atoms with E-state index in [9.17, 15) is 13.2 Å². The summed E-state index contributed by atoms with van der Waals surface area (Å²) in [5.41, 5.74) is 1.86. The Labute approximate surface area is 129 Å². The van der Waals surface area contributed by atoms with Crippen LogP contribution in [0.1, 0.15) is 12.0 Å². The first kappa shape index (κ1) is 16.0. The summed E-state index contributed by atoms with van der Waals surface area (Å²) in [6, 6.07) is 9.29. The van der Waals surface area contributed by atoms with Crippen molar-refractivity contribution >= 4 is 21.6 Å². The van der Waals surface area contributed by atoms with Gasteiger partial charge in [0.2, 0.25) is 5.91 Å². The third-order valence-corrected chi connectivity index (χ3v) is 4.40. The molecule has 0 saturated heterocycles. The fourth-order valence-electron chi connectivity index (χ4n) is 1.91. The quantitative estimate of drug-likeness (QED) is 0.884. The van der Waals surface area contributed by atoms with Crippen LogP contribution in [0.5, 0.6) is 0 Å². The van der Waals surface area contributed by atoms with Gasteiger partial charge < -0.3 is 5.32 Å². The molecule has 1 aromatic heterocycles. The molecular formula is C15H17N3O3S. The molecule has 0 spiro atoms. The molecule has 0 radical (unpaired) electrons. The Morgan fingerprint density at radius 2 is 2.09 bits per heavy atom. The summed E-state index contributed by atoms with van der Waals surface area (Å²) in [6.07, 6.45) is 1.44. The minimum absolute atomic E-state index is 0.132. The molecule has 0 aliphatic rings. The molecule has 0 fully saturated rings. The van der Waals surface area contributed by atoms with E-state index in [2.05, 4.69) is 17.0 Å².